The average molecular weight is 292 g/mol. The second-order valence-corrected chi connectivity index (χ2v) is 4.22. The van der Waals surface area contributed by atoms with Gasteiger partial charge in [0.1, 0.15) is 23.4 Å². The van der Waals surface area contributed by atoms with E-state index in [2.05, 4.69) is 15.9 Å². The summed E-state index contributed by atoms with van der Waals surface area (Å²) in [5.41, 5.74) is 0.174. The quantitative estimate of drug-likeness (QED) is 0.828. The van der Waals surface area contributed by atoms with E-state index in [1.807, 2.05) is 18.2 Å². The van der Waals surface area contributed by atoms with Crippen LogP contribution in [-0.2, 0) is 0 Å². The molecule has 0 saturated carbocycles. The molecule has 17 heavy (non-hydrogen) atoms. The lowest BCUT2D eigenvalue weighted by molar-refractivity contribution is 0.479. The smallest absolute Gasteiger partial charge is 0.145 e. The molecular formula is C13H7BrFNO. The highest BCUT2D eigenvalue weighted by Crippen LogP contribution is 2.26. The third-order valence-electron chi connectivity index (χ3n) is 2.10. The third-order valence-corrected chi connectivity index (χ3v) is 2.63. The van der Waals surface area contributed by atoms with Crippen LogP contribution in [0.2, 0.25) is 0 Å². The summed E-state index contributed by atoms with van der Waals surface area (Å²) in [4.78, 5) is 0. The first-order valence-corrected chi connectivity index (χ1v) is 5.61. The Kier molecular flexibility index (Phi) is 3.40. The maximum atomic E-state index is 12.9. The molecule has 2 rings (SSSR count). The SMILES string of the molecule is N#Cc1cc(F)ccc1Oc1ccc(Br)cc1. The van der Waals surface area contributed by atoms with Gasteiger partial charge in [-0.3, -0.25) is 0 Å². The van der Waals surface area contributed by atoms with E-state index in [4.69, 9.17) is 10.00 Å². The lowest BCUT2D eigenvalue weighted by Crippen LogP contribution is -1.89. The van der Waals surface area contributed by atoms with Crippen LogP contribution in [0.1, 0.15) is 5.56 Å². The Morgan fingerprint density at radius 3 is 2.47 bits per heavy atom. The van der Waals surface area contributed by atoms with E-state index in [0.29, 0.717) is 11.5 Å². The molecule has 0 bridgehead atoms. The molecule has 0 aliphatic rings. The summed E-state index contributed by atoms with van der Waals surface area (Å²) in [6.45, 7) is 0. The first-order valence-electron chi connectivity index (χ1n) is 4.82. The molecule has 0 aromatic heterocycles. The predicted molar refractivity (Wildman–Crippen MR) is 65.3 cm³/mol. The molecule has 2 nitrogen and oxygen atoms in total. The van der Waals surface area contributed by atoms with Crippen molar-refractivity contribution in [2.24, 2.45) is 0 Å². The topological polar surface area (TPSA) is 33.0 Å². The lowest BCUT2D eigenvalue weighted by Gasteiger charge is -2.07. The number of benzene rings is 2. The van der Waals surface area contributed by atoms with E-state index in [9.17, 15) is 4.39 Å². The summed E-state index contributed by atoms with van der Waals surface area (Å²) in [7, 11) is 0. The van der Waals surface area contributed by atoms with E-state index in [0.717, 1.165) is 10.5 Å². The van der Waals surface area contributed by atoms with Crippen LogP contribution < -0.4 is 4.74 Å². The highest BCUT2D eigenvalue weighted by molar-refractivity contribution is 9.10. The van der Waals surface area contributed by atoms with Crippen LogP contribution in [-0.4, -0.2) is 0 Å². The molecule has 0 heterocycles. The fourth-order valence-corrected chi connectivity index (χ4v) is 1.57. The third kappa shape index (κ3) is 2.83. The first kappa shape index (κ1) is 11.6. The minimum atomic E-state index is -0.454. The van der Waals surface area contributed by atoms with Gasteiger partial charge in [-0.1, -0.05) is 15.9 Å². The van der Waals surface area contributed by atoms with E-state index in [1.54, 1.807) is 12.1 Å². The van der Waals surface area contributed by atoms with E-state index >= 15 is 0 Å². The normalized spacial score (nSPS) is 9.71. The molecule has 2 aromatic rings. The maximum Gasteiger partial charge on any atom is 0.145 e. The van der Waals surface area contributed by atoms with Gasteiger partial charge < -0.3 is 4.74 Å². The van der Waals surface area contributed by atoms with E-state index in [1.165, 1.54) is 12.1 Å². The van der Waals surface area contributed by atoms with Crippen molar-refractivity contribution in [3.05, 3.63) is 58.3 Å². The Bertz CT molecular complexity index is 575. The molecule has 0 spiro atoms. The van der Waals surface area contributed by atoms with Gasteiger partial charge in [0.05, 0.1) is 5.56 Å². The number of nitriles is 1. The van der Waals surface area contributed by atoms with Crippen LogP contribution in [0.3, 0.4) is 0 Å². The van der Waals surface area contributed by atoms with Gasteiger partial charge in [0, 0.05) is 4.47 Å². The van der Waals surface area contributed by atoms with Gasteiger partial charge in [-0.15, -0.1) is 0 Å². The van der Waals surface area contributed by atoms with Crippen molar-refractivity contribution in [2.75, 3.05) is 0 Å². The highest BCUT2D eigenvalue weighted by atomic mass is 79.9. The molecule has 0 amide bonds. The molecule has 0 aliphatic carbocycles. The van der Waals surface area contributed by atoms with Gasteiger partial charge in [-0.2, -0.15) is 5.26 Å². The van der Waals surface area contributed by atoms with E-state index < -0.39 is 5.82 Å². The Balaban J connectivity index is 2.30. The molecule has 0 atom stereocenters. The van der Waals surface area contributed by atoms with Gasteiger partial charge in [0.25, 0.3) is 0 Å². The highest BCUT2D eigenvalue weighted by Gasteiger charge is 2.05. The summed E-state index contributed by atoms with van der Waals surface area (Å²) < 4.78 is 19.3. The number of halogens is 2. The van der Waals surface area contributed by atoms with Crippen molar-refractivity contribution in [3.8, 4) is 17.6 Å². The van der Waals surface area contributed by atoms with Crippen molar-refractivity contribution in [1.29, 1.82) is 5.26 Å². The molecule has 0 N–H and O–H groups in total. The van der Waals surface area contributed by atoms with Crippen LogP contribution in [0.15, 0.2) is 46.9 Å². The fourth-order valence-electron chi connectivity index (χ4n) is 1.31. The van der Waals surface area contributed by atoms with Crippen LogP contribution in [0.5, 0.6) is 11.5 Å². The van der Waals surface area contributed by atoms with Gasteiger partial charge in [0.2, 0.25) is 0 Å². The Morgan fingerprint density at radius 2 is 1.82 bits per heavy atom. The number of rotatable bonds is 2. The first-order chi connectivity index (χ1) is 8.19. The summed E-state index contributed by atoms with van der Waals surface area (Å²) in [6, 6.07) is 12.9. The van der Waals surface area contributed by atoms with Crippen LogP contribution in [0.25, 0.3) is 0 Å². The molecule has 0 radical (unpaired) electrons. The molecule has 84 valence electrons. The van der Waals surface area contributed by atoms with Crippen LogP contribution in [0.4, 0.5) is 4.39 Å². The Labute approximate surface area is 106 Å². The second-order valence-electron chi connectivity index (χ2n) is 3.31. The number of nitrogens with zero attached hydrogens (tertiary/aromatic N) is 1. The van der Waals surface area contributed by atoms with Crippen molar-refractivity contribution in [2.45, 2.75) is 0 Å². The number of ether oxygens (including phenoxy) is 1. The van der Waals surface area contributed by atoms with Gasteiger partial charge in [-0.05, 0) is 42.5 Å². The van der Waals surface area contributed by atoms with Crippen molar-refractivity contribution >= 4 is 15.9 Å². The molecule has 2 aromatic carbocycles. The molecule has 0 aliphatic heterocycles. The molecule has 4 heteroatoms. The Morgan fingerprint density at radius 1 is 1.12 bits per heavy atom. The van der Waals surface area contributed by atoms with Gasteiger partial charge >= 0.3 is 0 Å². The molecular weight excluding hydrogens is 285 g/mol. The summed E-state index contributed by atoms with van der Waals surface area (Å²) in [6.07, 6.45) is 0. The number of hydrogen-bond donors (Lipinski definition) is 0. The molecule has 0 saturated heterocycles. The monoisotopic (exact) mass is 291 g/mol. The Hall–Kier alpha value is -1.86. The zero-order valence-electron chi connectivity index (χ0n) is 8.65. The second kappa shape index (κ2) is 4.98. The van der Waals surface area contributed by atoms with Gasteiger partial charge in [-0.25, -0.2) is 4.39 Å². The summed E-state index contributed by atoms with van der Waals surface area (Å²) in [5.74, 6) is 0.484. The average Bonchev–Trinajstić information content (AvgIpc) is 2.34. The molecule has 0 unspecified atom stereocenters. The largest absolute Gasteiger partial charge is 0.456 e. The standard InChI is InChI=1S/C13H7BrFNO/c14-10-1-4-12(5-2-10)17-13-6-3-11(15)7-9(13)8-16/h1-7H. The van der Waals surface area contributed by atoms with Crippen molar-refractivity contribution < 1.29 is 9.13 Å². The van der Waals surface area contributed by atoms with E-state index in [-0.39, 0.29) is 5.56 Å². The minimum absolute atomic E-state index is 0.174. The summed E-state index contributed by atoms with van der Waals surface area (Å²) in [5, 5.41) is 8.86. The van der Waals surface area contributed by atoms with Crippen molar-refractivity contribution in [1.82, 2.24) is 0 Å². The zero-order chi connectivity index (χ0) is 12.3. The molecule has 0 fully saturated rings. The fraction of sp³-hybridized carbons (Fsp3) is 0. The zero-order valence-corrected chi connectivity index (χ0v) is 10.2. The van der Waals surface area contributed by atoms with Crippen molar-refractivity contribution in [3.63, 3.8) is 0 Å². The number of hydrogen-bond acceptors (Lipinski definition) is 2. The minimum Gasteiger partial charge on any atom is -0.456 e. The predicted octanol–water partition coefficient (Wildman–Crippen LogP) is 4.25. The summed E-state index contributed by atoms with van der Waals surface area (Å²) >= 11 is 3.31. The van der Waals surface area contributed by atoms with Crippen LogP contribution >= 0.6 is 15.9 Å². The lowest BCUT2D eigenvalue weighted by atomic mass is 10.2. The maximum absolute atomic E-state index is 12.9. The van der Waals surface area contributed by atoms with Crippen LogP contribution in [0, 0.1) is 17.1 Å². The van der Waals surface area contributed by atoms with Gasteiger partial charge in [0.15, 0.2) is 0 Å².